The van der Waals surface area contributed by atoms with Crippen LogP contribution in [0.2, 0.25) is 0 Å². The summed E-state index contributed by atoms with van der Waals surface area (Å²) in [6, 6.07) is 15.0. The van der Waals surface area contributed by atoms with Crippen molar-refractivity contribution in [2.24, 2.45) is 0 Å². The van der Waals surface area contributed by atoms with Crippen LogP contribution in [0.4, 0.5) is 13.2 Å². The van der Waals surface area contributed by atoms with Gasteiger partial charge in [0.05, 0.1) is 5.56 Å². The van der Waals surface area contributed by atoms with Gasteiger partial charge in [-0.05, 0) is 96.7 Å². The number of aryl methyl sites for hydroxylation is 1. The minimum Gasteiger partial charge on any atom is -0.207 e. The molecule has 1 aliphatic carbocycles. The first-order chi connectivity index (χ1) is 15.0. The van der Waals surface area contributed by atoms with Crippen LogP contribution in [-0.4, -0.2) is 0 Å². The molecule has 0 fully saturated rings. The lowest BCUT2D eigenvalue weighted by atomic mass is 9.79. The highest BCUT2D eigenvalue weighted by Crippen LogP contribution is 2.36. The smallest absolute Gasteiger partial charge is 0.142 e. The van der Waals surface area contributed by atoms with Crippen LogP contribution in [0.15, 0.2) is 54.6 Å². The number of benzene rings is 3. The highest BCUT2D eigenvalue weighted by Gasteiger charge is 2.25. The summed E-state index contributed by atoms with van der Waals surface area (Å²) in [4.78, 5) is 0. The lowest BCUT2D eigenvalue weighted by molar-refractivity contribution is 0.513. The molecule has 0 nitrogen and oxygen atoms in total. The van der Waals surface area contributed by atoms with E-state index in [1.807, 2.05) is 18.2 Å². The number of fused-ring (bicyclic) bond motifs is 1. The van der Waals surface area contributed by atoms with Gasteiger partial charge in [0.1, 0.15) is 17.5 Å². The molecule has 3 aromatic carbocycles. The summed E-state index contributed by atoms with van der Waals surface area (Å²) in [5.41, 5.74) is 4.35. The molecule has 0 aliphatic heterocycles. The topological polar surface area (TPSA) is 0 Å². The molecule has 0 saturated carbocycles. The van der Waals surface area contributed by atoms with Crippen molar-refractivity contribution in [3.63, 3.8) is 0 Å². The summed E-state index contributed by atoms with van der Waals surface area (Å²) in [7, 11) is 0. The fourth-order valence-electron chi connectivity index (χ4n) is 4.28. The largest absolute Gasteiger partial charge is 0.207 e. The molecular weight excluding hydrogens is 393 g/mol. The average Bonchev–Trinajstić information content (AvgIpc) is 2.78. The lowest BCUT2D eigenvalue weighted by Crippen LogP contribution is -2.16. The molecular formula is C28H25F3. The molecule has 31 heavy (non-hydrogen) atoms. The molecule has 1 aliphatic rings. The molecule has 1 atom stereocenters. The Morgan fingerprint density at radius 3 is 2.48 bits per heavy atom. The Kier molecular flexibility index (Phi) is 6.47. The molecule has 0 N–H and O–H groups in total. The van der Waals surface area contributed by atoms with Gasteiger partial charge in [-0.1, -0.05) is 43.4 Å². The van der Waals surface area contributed by atoms with E-state index in [0.29, 0.717) is 36.0 Å². The summed E-state index contributed by atoms with van der Waals surface area (Å²) < 4.78 is 42.8. The summed E-state index contributed by atoms with van der Waals surface area (Å²) in [5.74, 6) is 5.05. The minimum atomic E-state index is -0.327. The van der Waals surface area contributed by atoms with Gasteiger partial charge in [-0.25, -0.2) is 13.2 Å². The molecule has 0 spiro atoms. The maximum absolute atomic E-state index is 15.1. The molecule has 0 bridgehead atoms. The van der Waals surface area contributed by atoms with Crippen LogP contribution < -0.4 is 0 Å². The van der Waals surface area contributed by atoms with Crippen LogP contribution in [0, 0.1) is 29.3 Å². The lowest BCUT2D eigenvalue weighted by Gasteiger charge is -2.26. The minimum absolute atomic E-state index is 0.0586. The summed E-state index contributed by atoms with van der Waals surface area (Å²) in [6.45, 7) is 2.13. The van der Waals surface area contributed by atoms with E-state index in [4.69, 9.17) is 0 Å². The first kappa shape index (κ1) is 21.2. The molecule has 3 heteroatoms. The average molecular weight is 419 g/mol. The van der Waals surface area contributed by atoms with Gasteiger partial charge in [-0.3, -0.25) is 0 Å². The van der Waals surface area contributed by atoms with E-state index in [0.717, 1.165) is 36.0 Å². The van der Waals surface area contributed by atoms with Crippen LogP contribution in [0.25, 0.3) is 0 Å². The zero-order chi connectivity index (χ0) is 21.8. The first-order valence-electron chi connectivity index (χ1n) is 10.9. The van der Waals surface area contributed by atoms with Crippen LogP contribution in [0.5, 0.6) is 0 Å². The van der Waals surface area contributed by atoms with Crippen molar-refractivity contribution >= 4 is 0 Å². The predicted octanol–water partition coefficient (Wildman–Crippen LogP) is 7.12. The normalized spacial score (nSPS) is 15.2. The Bertz CT molecular complexity index is 1130. The second-order valence-corrected chi connectivity index (χ2v) is 8.22. The molecule has 0 amide bonds. The van der Waals surface area contributed by atoms with Crippen LogP contribution in [0.3, 0.4) is 0 Å². The van der Waals surface area contributed by atoms with Gasteiger partial charge in [0.2, 0.25) is 0 Å². The predicted molar refractivity (Wildman–Crippen MR) is 119 cm³/mol. The Morgan fingerprint density at radius 2 is 1.74 bits per heavy atom. The summed E-state index contributed by atoms with van der Waals surface area (Å²) >= 11 is 0. The van der Waals surface area contributed by atoms with Crippen LogP contribution >= 0.6 is 0 Å². The van der Waals surface area contributed by atoms with Crippen molar-refractivity contribution in [3.8, 4) is 11.8 Å². The van der Waals surface area contributed by atoms with Gasteiger partial charge < -0.3 is 0 Å². The summed E-state index contributed by atoms with van der Waals surface area (Å²) in [5, 5.41) is 0. The molecule has 0 aromatic heterocycles. The van der Waals surface area contributed by atoms with E-state index in [1.54, 1.807) is 24.3 Å². The van der Waals surface area contributed by atoms with Gasteiger partial charge in [0.15, 0.2) is 0 Å². The number of hydrogen-bond donors (Lipinski definition) is 0. The van der Waals surface area contributed by atoms with Crippen molar-refractivity contribution < 1.29 is 13.2 Å². The van der Waals surface area contributed by atoms with E-state index < -0.39 is 0 Å². The third-order valence-electron chi connectivity index (χ3n) is 6.06. The number of rotatable bonds is 4. The van der Waals surface area contributed by atoms with E-state index in [-0.39, 0.29) is 23.4 Å². The van der Waals surface area contributed by atoms with E-state index in [2.05, 4.69) is 18.8 Å². The van der Waals surface area contributed by atoms with Gasteiger partial charge in [0.25, 0.3) is 0 Å². The Hall–Kier alpha value is -2.99. The standard InChI is InChI=1S/C28H25F3/c1-2-3-4-20-8-15-25(27(30)17-20)22-12-16-26-23(18-22)11-10-21(28(26)31)9-5-19-6-13-24(29)14-7-19/h6-8,10-11,13-15,17,22H,2-4,12,16,18H2,1H3. The molecule has 0 saturated heterocycles. The van der Waals surface area contributed by atoms with Crippen LogP contribution in [-0.2, 0) is 19.3 Å². The van der Waals surface area contributed by atoms with Crippen molar-refractivity contribution in [3.05, 3.63) is 105 Å². The first-order valence-corrected chi connectivity index (χ1v) is 10.9. The SMILES string of the molecule is CCCCc1ccc(C2CCc3c(ccc(C#Cc4ccc(F)cc4)c3F)C2)c(F)c1. The van der Waals surface area contributed by atoms with Gasteiger partial charge >= 0.3 is 0 Å². The van der Waals surface area contributed by atoms with Gasteiger partial charge in [-0.2, -0.15) is 0 Å². The van der Waals surface area contributed by atoms with E-state index in [9.17, 15) is 8.78 Å². The fraction of sp³-hybridized carbons (Fsp3) is 0.286. The van der Waals surface area contributed by atoms with Crippen LogP contribution in [0.1, 0.15) is 65.5 Å². The monoisotopic (exact) mass is 418 g/mol. The zero-order valence-corrected chi connectivity index (χ0v) is 17.7. The third-order valence-corrected chi connectivity index (χ3v) is 6.06. The Morgan fingerprint density at radius 1 is 0.935 bits per heavy atom. The quantitative estimate of drug-likeness (QED) is 0.396. The highest BCUT2D eigenvalue weighted by molar-refractivity contribution is 5.48. The second kappa shape index (κ2) is 9.43. The van der Waals surface area contributed by atoms with Crippen molar-refractivity contribution in [1.82, 2.24) is 0 Å². The van der Waals surface area contributed by atoms with E-state index in [1.165, 1.54) is 12.1 Å². The van der Waals surface area contributed by atoms with Gasteiger partial charge in [-0.15, -0.1) is 0 Å². The summed E-state index contributed by atoms with van der Waals surface area (Å²) in [6.07, 6.45) is 4.95. The van der Waals surface area contributed by atoms with Crippen molar-refractivity contribution in [2.75, 3.05) is 0 Å². The zero-order valence-electron chi connectivity index (χ0n) is 17.7. The van der Waals surface area contributed by atoms with E-state index >= 15 is 4.39 Å². The number of hydrogen-bond acceptors (Lipinski definition) is 0. The van der Waals surface area contributed by atoms with Gasteiger partial charge in [0, 0.05) is 5.56 Å². The Balaban J connectivity index is 1.53. The highest BCUT2D eigenvalue weighted by atomic mass is 19.1. The van der Waals surface area contributed by atoms with Crippen molar-refractivity contribution in [1.29, 1.82) is 0 Å². The Labute approximate surface area is 182 Å². The third kappa shape index (κ3) is 4.85. The maximum atomic E-state index is 15.1. The second-order valence-electron chi connectivity index (χ2n) is 8.22. The molecule has 1 unspecified atom stereocenters. The molecule has 158 valence electrons. The number of halogens is 3. The molecule has 3 aromatic rings. The maximum Gasteiger partial charge on any atom is 0.142 e. The molecule has 0 radical (unpaired) electrons. The van der Waals surface area contributed by atoms with Crippen molar-refractivity contribution in [2.45, 2.75) is 51.4 Å². The number of unbranched alkanes of at least 4 members (excludes halogenated alkanes) is 1. The molecule has 4 rings (SSSR count). The fourth-order valence-corrected chi connectivity index (χ4v) is 4.28. The molecule has 0 heterocycles.